The van der Waals surface area contributed by atoms with Crippen LogP contribution in [-0.4, -0.2) is 38.8 Å². The maximum absolute atomic E-state index is 11.7. The Kier molecular flexibility index (Phi) is 5.12. The zero-order valence-corrected chi connectivity index (χ0v) is 17.5. The number of hydrogen-bond acceptors (Lipinski definition) is 4. The van der Waals surface area contributed by atoms with Gasteiger partial charge in [-0.05, 0) is 56.2 Å². The van der Waals surface area contributed by atoms with E-state index in [9.17, 15) is 5.11 Å². The topological polar surface area (TPSA) is 50.5 Å². The lowest BCUT2D eigenvalue weighted by Crippen LogP contribution is -2.58. The van der Waals surface area contributed by atoms with Crippen LogP contribution in [-0.2, 0) is 19.2 Å². The van der Waals surface area contributed by atoms with E-state index in [4.69, 9.17) is 4.74 Å². The van der Waals surface area contributed by atoms with Crippen LogP contribution < -0.4 is 4.74 Å². The molecule has 1 N–H and O–H groups in total. The number of aryl methyl sites for hydroxylation is 1. The molecule has 0 unspecified atom stereocenters. The summed E-state index contributed by atoms with van der Waals surface area (Å²) in [6.45, 7) is 2.80. The largest absolute Gasteiger partial charge is 0.490 e. The second-order valence-corrected chi connectivity index (χ2v) is 9.37. The minimum atomic E-state index is -0.786. The van der Waals surface area contributed by atoms with Gasteiger partial charge < -0.3 is 14.4 Å². The molecule has 2 atom stereocenters. The van der Waals surface area contributed by atoms with Gasteiger partial charge in [0.25, 0.3) is 0 Å². The summed E-state index contributed by atoms with van der Waals surface area (Å²) in [5, 5.41) is 11.7. The first kappa shape index (κ1) is 19.1. The van der Waals surface area contributed by atoms with Crippen molar-refractivity contribution in [2.24, 2.45) is 18.9 Å². The summed E-state index contributed by atoms with van der Waals surface area (Å²) in [4.78, 5) is 7.06. The van der Waals surface area contributed by atoms with Crippen molar-refractivity contribution >= 4 is 0 Å². The fraction of sp³-hybridized carbons (Fsp3) is 0.625. The summed E-state index contributed by atoms with van der Waals surface area (Å²) in [6, 6.07) is 8.67. The molecule has 1 aliphatic heterocycles. The second kappa shape index (κ2) is 7.77. The molecule has 1 saturated heterocycles. The molecule has 2 aromatic rings. The Balaban J connectivity index is 1.26. The molecule has 2 bridgehead atoms. The van der Waals surface area contributed by atoms with Crippen molar-refractivity contribution in [3.05, 3.63) is 48.0 Å². The van der Waals surface area contributed by atoms with E-state index in [0.29, 0.717) is 6.10 Å². The van der Waals surface area contributed by atoms with Gasteiger partial charge in [-0.25, -0.2) is 4.98 Å². The van der Waals surface area contributed by atoms with Crippen LogP contribution in [0, 0.1) is 11.8 Å². The Bertz CT molecular complexity index is 811. The standard InChI is InChI=1S/C24H33N3O2/c1-26-14-13-25-23(26)24(28)19-5-4-6-20(24)17-27(16-19)15-18-9-11-22(12-10-18)29-21-7-2-3-8-21/h9-14,19-21,28H,2-8,15-17H2,1H3/t19-,20-/m0/s1. The predicted octanol–water partition coefficient (Wildman–Crippen LogP) is 3.86. The summed E-state index contributed by atoms with van der Waals surface area (Å²) < 4.78 is 8.11. The molecule has 5 rings (SSSR count). The number of likely N-dealkylation sites (tertiary alicyclic amines) is 1. The monoisotopic (exact) mass is 395 g/mol. The molecule has 1 aromatic carbocycles. The van der Waals surface area contributed by atoms with Crippen molar-refractivity contribution in [2.75, 3.05) is 13.1 Å². The van der Waals surface area contributed by atoms with Crippen molar-refractivity contribution in [1.29, 1.82) is 0 Å². The fourth-order valence-corrected chi connectivity index (χ4v) is 5.92. The number of rotatable bonds is 5. The Labute approximate surface area is 173 Å². The van der Waals surface area contributed by atoms with Gasteiger partial charge in [0.05, 0.1) is 6.10 Å². The molecular weight excluding hydrogens is 362 g/mol. The molecule has 156 valence electrons. The Morgan fingerprint density at radius 3 is 2.34 bits per heavy atom. The third kappa shape index (κ3) is 3.59. The molecule has 2 heterocycles. The molecule has 2 saturated carbocycles. The Hall–Kier alpha value is -1.85. The van der Waals surface area contributed by atoms with Crippen LogP contribution in [0.3, 0.4) is 0 Å². The Morgan fingerprint density at radius 1 is 1.03 bits per heavy atom. The number of benzene rings is 1. The number of fused-ring (bicyclic) bond motifs is 2. The van der Waals surface area contributed by atoms with Crippen LogP contribution in [0.15, 0.2) is 36.7 Å². The minimum Gasteiger partial charge on any atom is -0.490 e. The molecule has 0 spiro atoms. The lowest BCUT2D eigenvalue weighted by Gasteiger charge is -2.52. The first-order valence-corrected chi connectivity index (χ1v) is 11.3. The van der Waals surface area contributed by atoms with Crippen LogP contribution in [0.1, 0.15) is 56.3 Å². The maximum Gasteiger partial charge on any atom is 0.141 e. The Morgan fingerprint density at radius 2 is 1.72 bits per heavy atom. The second-order valence-electron chi connectivity index (χ2n) is 9.37. The summed E-state index contributed by atoms with van der Waals surface area (Å²) in [7, 11) is 2.00. The number of hydrogen-bond donors (Lipinski definition) is 1. The van der Waals surface area contributed by atoms with Gasteiger partial charge in [-0.1, -0.05) is 18.6 Å². The van der Waals surface area contributed by atoms with E-state index in [2.05, 4.69) is 34.1 Å². The van der Waals surface area contributed by atoms with Gasteiger partial charge >= 0.3 is 0 Å². The number of nitrogens with zero attached hydrogens (tertiary/aromatic N) is 3. The maximum atomic E-state index is 11.7. The van der Waals surface area contributed by atoms with Gasteiger partial charge in [-0.15, -0.1) is 0 Å². The SMILES string of the molecule is Cn1ccnc1C1(O)[C@H]2CCC[C@H]1CN(Cc1ccc(OC3CCCC3)cc1)C2. The normalized spacial score (nSPS) is 30.6. The third-order valence-corrected chi connectivity index (χ3v) is 7.42. The highest BCUT2D eigenvalue weighted by molar-refractivity contribution is 5.28. The van der Waals surface area contributed by atoms with E-state index in [1.165, 1.54) is 37.7 Å². The molecule has 0 amide bonds. The molecule has 3 fully saturated rings. The van der Waals surface area contributed by atoms with Gasteiger partial charge in [-0.3, -0.25) is 4.90 Å². The number of piperidine rings is 1. The van der Waals surface area contributed by atoms with E-state index in [-0.39, 0.29) is 11.8 Å². The van der Waals surface area contributed by atoms with E-state index >= 15 is 0 Å². The molecule has 2 aliphatic carbocycles. The average Bonchev–Trinajstić information content (AvgIpc) is 3.36. The highest BCUT2D eigenvalue weighted by Gasteiger charge is 2.53. The molecule has 3 aliphatic rings. The predicted molar refractivity (Wildman–Crippen MR) is 113 cm³/mol. The quantitative estimate of drug-likeness (QED) is 0.835. The first-order valence-electron chi connectivity index (χ1n) is 11.3. The molecule has 1 aromatic heterocycles. The summed E-state index contributed by atoms with van der Waals surface area (Å²) >= 11 is 0. The molecule has 0 radical (unpaired) electrons. The average molecular weight is 396 g/mol. The van der Waals surface area contributed by atoms with Crippen molar-refractivity contribution < 1.29 is 9.84 Å². The molecule has 5 heteroatoms. The summed E-state index contributed by atoms with van der Waals surface area (Å²) in [5.41, 5.74) is 0.538. The van der Waals surface area contributed by atoms with Crippen LogP contribution in [0.2, 0.25) is 0 Å². The van der Waals surface area contributed by atoms with Gasteiger partial charge in [0.1, 0.15) is 17.2 Å². The van der Waals surface area contributed by atoms with Crippen LogP contribution in [0.25, 0.3) is 0 Å². The van der Waals surface area contributed by atoms with E-state index in [1.54, 1.807) is 0 Å². The van der Waals surface area contributed by atoms with Crippen molar-refractivity contribution in [2.45, 2.75) is 63.2 Å². The van der Waals surface area contributed by atoms with Crippen LogP contribution in [0.4, 0.5) is 0 Å². The van der Waals surface area contributed by atoms with E-state index < -0.39 is 5.60 Å². The summed E-state index contributed by atoms with van der Waals surface area (Å²) in [6.07, 6.45) is 12.5. The van der Waals surface area contributed by atoms with Gasteiger partial charge in [0, 0.05) is 50.9 Å². The van der Waals surface area contributed by atoms with Crippen LogP contribution >= 0.6 is 0 Å². The first-order chi connectivity index (χ1) is 14.1. The van der Waals surface area contributed by atoms with Crippen molar-refractivity contribution in [3.63, 3.8) is 0 Å². The fourth-order valence-electron chi connectivity index (χ4n) is 5.92. The zero-order chi connectivity index (χ0) is 19.8. The zero-order valence-electron chi connectivity index (χ0n) is 17.5. The molecule has 29 heavy (non-hydrogen) atoms. The number of imidazole rings is 1. The highest BCUT2D eigenvalue weighted by atomic mass is 16.5. The lowest BCUT2D eigenvalue weighted by atomic mass is 9.65. The number of aliphatic hydroxyl groups is 1. The van der Waals surface area contributed by atoms with Gasteiger partial charge in [-0.2, -0.15) is 0 Å². The minimum absolute atomic E-state index is 0.251. The van der Waals surface area contributed by atoms with E-state index in [1.807, 2.05) is 24.0 Å². The van der Waals surface area contributed by atoms with Crippen LogP contribution in [0.5, 0.6) is 5.75 Å². The highest BCUT2D eigenvalue weighted by Crippen LogP contribution is 2.48. The van der Waals surface area contributed by atoms with Gasteiger partial charge in [0.15, 0.2) is 0 Å². The van der Waals surface area contributed by atoms with Gasteiger partial charge in [0.2, 0.25) is 0 Å². The smallest absolute Gasteiger partial charge is 0.141 e. The number of aromatic nitrogens is 2. The van der Waals surface area contributed by atoms with E-state index in [0.717, 1.165) is 44.0 Å². The molecule has 5 nitrogen and oxygen atoms in total. The van der Waals surface area contributed by atoms with Crippen molar-refractivity contribution in [3.8, 4) is 5.75 Å². The molecular formula is C24H33N3O2. The summed E-state index contributed by atoms with van der Waals surface area (Å²) in [5.74, 6) is 2.35. The van der Waals surface area contributed by atoms with Crippen molar-refractivity contribution in [1.82, 2.24) is 14.5 Å². The number of ether oxygens (including phenoxy) is 1. The lowest BCUT2D eigenvalue weighted by molar-refractivity contribution is -0.155. The third-order valence-electron chi connectivity index (χ3n) is 7.42.